The van der Waals surface area contributed by atoms with Crippen molar-refractivity contribution >= 4 is 0 Å². The third-order valence-electron chi connectivity index (χ3n) is 0.285. The predicted molar refractivity (Wildman–Crippen MR) is 23.2 cm³/mol. The van der Waals surface area contributed by atoms with Crippen LogP contribution in [0, 0.1) is 0 Å². The van der Waals surface area contributed by atoms with E-state index in [0.717, 1.165) is 0 Å². The van der Waals surface area contributed by atoms with Crippen LogP contribution in [-0.4, -0.2) is 13.7 Å². The van der Waals surface area contributed by atoms with E-state index in [1.54, 1.807) is 13.2 Å². The van der Waals surface area contributed by atoms with E-state index in [1.165, 1.54) is 0 Å². The molecule has 0 bridgehead atoms. The Morgan fingerprint density at radius 1 is 2.00 bits per heavy atom. The minimum atomic E-state index is 0. The van der Waals surface area contributed by atoms with E-state index < -0.39 is 0 Å². The fourth-order valence-electron chi connectivity index (χ4n) is 0.118. The fourth-order valence-corrected chi connectivity index (χ4v) is 0.118. The normalized spacial score (nSPS) is 6.17. The summed E-state index contributed by atoms with van der Waals surface area (Å²) in [4.78, 5) is 0. The van der Waals surface area contributed by atoms with Gasteiger partial charge in [0.2, 0.25) is 0 Å². The first kappa shape index (κ1) is 9.57. The second kappa shape index (κ2) is 9.00. The molecule has 0 aromatic rings. The van der Waals surface area contributed by atoms with Crippen LogP contribution in [0.3, 0.4) is 0 Å². The van der Waals surface area contributed by atoms with Gasteiger partial charge in [0.25, 0.3) is 0 Å². The minimum absolute atomic E-state index is 0. The molecule has 0 amide bonds. The van der Waals surface area contributed by atoms with Crippen LogP contribution in [0.25, 0.3) is 0 Å². The summed E-state index contributed by atoms with van der Waals surface area (Å²) in [7, 11) is 1.64. The van der Waals surface area contributed by atoms with Crippen LogP contribution in [-0.2, 0) is 4.74 Å². The van der Waals surface area contributed by atoms with Crippen molar-refractivity contribution in [1.29, 1.82) is 0 Å². The Morgan fingerprint density at radius 2 is 2.50 bits per heavy atom. The molecule has 0 N–H and O–H groups in total. The summed E-state index contributed by atoms with van der Waals surface area (Å²) in [5.74, 6) is 0. The van der Waals surface area contributed by atoms with E-state index in [2.05, 4.69) is 11.3 Å². The van der Waals surface area contributed by atoms with Crippen molar-refractivity contribution in [2.75, 3.05) is 13.7 Å². The van der Waals surface area contributed by atoms with E-state index in [0.29, 0.717) is 6.61 Å². The first-order chi connectivity index (χ1) is 2.41. The average molecular weight is 80.1 g/mol. The Morgan fingerprint density at radius 3 is 2.50 bits per heavy atom. The van der Waals surface area contributed by atoms with Gasteiger partial charge in [-0.05, 0) is 0 Å². The van der Waals surface area contributed by atoms with Gasteiger partial charge in [0.1, 0.15) is 0 Å². The maximum Gasteiger partial charge on any atom is 1.00 e. The molecule has 0 atom stereocenters. The molecular weight excluding hydrogens is 71.0 g/mol. The van der Waals surface area contributed by atoms with Crippen molar-refractivity contribution in [3.05, 3.63) is 12.7 Å². The topological polar surface area (TPSA) is 9.23 Å². The Hall–Kier alpha value is 0.297. The van der Waals surface area contributed by atoms with Gasteiger partial charge in [-0.3, -0.25) is 0 Å². The van der Waals surface area contributed by atoms with Crippen LogP contribution in [0.5, 0.6) is 0 Å². The summed E-state index contributed by atoms with van der Waals surface area (Å²) in [6, 6.07) is 0. The number of methoxy groups -OCH3 is 1. The molecule has 0 spiro atoms. The number of hydrogen-bond acceptors (Lipinski definition) is 1. The molecule has 0 unspecified atom stereocenters. The van der Waals surface area contributed by atoms with Crippen molar-refractivity contribution in [2.45, 2.75) is 0 Å². The first-order valence-electron chi connectivity index (χ1n) is 1.51. The fraction of sp³-hybridized carbons (Fsp3) is 0.500. The van der Waals surface area contributed by atoms with Gasteiger partial charge in [0.15, 0.2) is 0 Å². The summed E-state index contributed by atoms with van der Waals surface area (Å²) in [6.07, 6.45) is 1.71. The molecule has 0 saturated carbocycles. The molecule has 1 nitrogen and oxygen atoms in total. The molecule has 2 heteroatoms. The average Bonchev–Trinajstić information content (AvgIpc) is 1.41. The third-order valence-corrected chi connectivity index (χ3v) is 0.285. The van der Waals surface area contributed by atoms with Gasteiger partial charge < -0.3 is 6.16 Å². The molecule has 0 radical (unpaired) electrons. The van der Waals surface area contributed by atoms with E-state index in [9.17, 15) is 0 Å². The molecule has 0 aromatic heterocycles. The van der Waals surface area contributed by atoms with Crippen molar-refractivity contribution in [3.63, 3.8) is 0 Å². The van der Waals surface area contributed by atoms with Crippen LogP contribution in [0.15, 0.2) is 12.7 Å². The molecule has 0 aliphatic rings. The Kier molecular flexibility index (Phi) is 14.4. The molecule has 0 saturated heterocycles. The van der Waals surface area contributed by atoms with Crippen LogP contribution in [0.1, 0.15) is 1.43 Å². The van der Waals surface area contributed by atoms with Crippen LogP contribution in [0.2, 0.25) is 0 Å². The molecule has 32 valence electrons. The first-order valence-corrected chi connectivity index (χ1v) is 1.51. The van der Waals surface area contributed by atoms with Gasteiger partial charge >= 0.3 is 18.9 Å². The maximum absolute atomic E-state index is 4.57. The van der Waals surface area contributed by atoms with E-state index >= 15 is 0 Å². The minimum Gasteiger partial charge on any atom is -1.00 e. The monoisotopic (exact) mass is 80.1 g/mol. The largest absolute Gasteiger partial charge is 1.00 e. The standard InChI is InChI=1S/C4H8O.Li.H/c1-3-4-5-2;;/h3H,1,4H2,2H3;;/q;+1;-1. The molecule has 0 aliphatic carbocycles. The predicted octanol–water partition coefficient (Wildman–Crippen LogP) is -2.06. The number of ether oxygens (including phenoxy) is 1. The van der Waals surface area contributed by atoms with Gasteiger partial charge in [-0.25, -0.2) is 0 Å². The van der Waals surface area contributed by atoms with Gasteiger partial charge in [0, 0.05) is 7.11 Å². The summed E-state index contributed by atoms with van der Waals surface area (Å²) in [5.41, 5.74) is 0. The summed E-state index contributed by atoms with van der Waals surface area (Å²) in [6.45, 7) is 4.08. The summed E-state index contributed by atoms with van der Waals surface area (Å²) in [5, 5.41) is 0. The number of hydrogen-bond donors (Lipinski definition) is 0. The van der Waals surface area contributed by atoms with Crippen molar-refractivity contribution < 1.29 is 25.0 Å². The van der Waals surface area contributed by atoms with Crippen molar-refractivity contribution in [1.82, 2.24) is 0 Å². The number of rotatable bonds is 2. The van der Waals surface area contributed by atoms with Gasteiger partial charge in [-0.2, -0.15) is 0 Å². The smallest absolute Gasteiger partial charge is 1.00 e. The molecule has 0 aromatic carbocycles. The van der Waals surface area contributed by atoms with Crippen molar-refractivity contribution in [2.24, 2.45) is 0 Å². The maximum atomic E-state index is 4.57. The van der Waals surface area contributed by atoms with Gasteiger partial charge in [-0.15, -0.1) is 6.58 Å². The Labute approximate surface area is 52.0 Å². The molecule has 0 aliphatic heterocycles. The van der Waals surface area contributed by atoms with Gasteiger partial charge in [-0.1, -0.05) is 6.08 Å². The Balaban J connectivity index is -0.0000000800. The zero-order valence-electron chi connectivity index (χ0n) is 5.40. The van der Waals surface area contributed by atoms with Crippen LogP contribution in [0.4, 0.5) is 0 Å². The zero-order chi connectivity index (χ0) is 4.12. The molecule has 6 heavy (non-hydrogen) atoms. The second-order valence-corrected chi connectivity index (χ2v) is 0.744. The van der Waals surface area contributed by atoms with E-state index in [-0.39, 0.29) is 20.3 Å². The molecular formula is C4H9LiO. The Bertz CT molecular complexity index is 32.9. The van der Waals surface area contributed by atoms with Crippen LogP contribution >= 0.6 is 0 Å². The summed E-state index contributed by atoms with van der Waals surface area (Å²) < 4.78 is 4.57. The SMILES string of the molecule is C=CCOC.[H-].[Li+]. The van der Waals surface area contributed by atoms with Crippen LogP contribution < -0.4 is 18.9 Å². The zero-order valence-corrected chi connectivity index (χ0v) is 4.40. The molecule has 0 fully saturated rings. The quantitative estimate of drug-likeness (QED) is 0.273. The van der Waals surface area contributed by atoms with E-state index in [4.69, 9.17) is 0 Å². The van der Waals surface area contributed by atoms with Crippen molar-refractivity contribution in [3.8, 4) is 0 Å². The van der Waals surface area contributed by atoms with E-state index in [1.807, 2.05) is 0 Å². The summed E-state index contributed by atoms with van der Waals surface area (Å²) >= 11 is 0. The van der Waals surface area contributed by atoms with Gasteiger partial charge in [0.05, 0.1) is 6.61 Å². The molecule has 0 rings (SSSR count). The third kappa shape index (κ3) is 8.85. The second-order valence-electron chi connectivity index (χ2n) is 0.744. The molecule has 0 heterocycles.